The normalized spacial score (nSPS) is 10.1. The first-order valence-electron chi connectivity index (χ1n) is 6.16. The molecule has 0 amide bonds. The van der Waals surface area contributed by atoms with Crippen LogP contribution in [-0.2, 0) is 6.61 Å². The van der Waals surface area contributed by atoms with E-state index in [4.69, 9.17) is 4.74 Å². The zero-order chi connectivity index (χ0) is 12.8. The Labute approximate surface area is 108 Å². The lowest BCUT2D eigenvalue weighted by Gasteiger charge is -2.07. The Kier molecular flexibility index (Phi) is 4.18. The highest BCUT2D eigenvalue weighted by Crippen LogP contribution is 2.14. The fraction of sp³-hybridized carbons (Fsp3) is 0.267. The smallest absolute Gasteiger partial charge is 0.125 e. The predicted octanol–water partition coefficient (Wildman–Crippen LogP) is 3.40. The second-order valence-electron chi connectivity index (χ2n) is 4.18. The van der Waals surface area contributed by atoms with E-state index in [2.05, 4.69) is 24.1 Å². The van der Waals surface area contributed by atoms with Gasteiger partial charge in [-0.1, -0.05) is 23.8 Å². The van der Waals surface area contributed by atoms with Gasteiger partial charge in [0.15, 0.2) is 0 Å². The molecule has 0 radical (unpaired) electrons. The number of ether oxygens (including phenoxy) is 1. The van der Waals surface area contributed by atoms with Crippen molar-refractivity contribution in [2.45, 2.75) is 20.5 Å². The van der Waals surface area contributed by atoms with E-state index in [1.54, 1.807) is 0 Å². The molecule has 0 saturated heterocycles. The molecular weight excluding hydrogens is 224 g/mol. The van der Waals surface area contributed by atoms with E-state index in [0.29, 0.717) is 6.61 Å². The van der Waals surface area contributed by atoms with Gasteiger partial charge in [-0.15, -0.1) is 0 Å². The lowest BCUT2D eigenvalue weighted by molar-refractivity contribution is 0.306. The van der Waals surface area contributed by atoms with Gasteiger partial charge in [0, 0.05) is 18.3 Å². The molecule has 18 heavy (non-hydrogen) atoms. The van der Waals surface area contributed by atoms with E-state index in [1.165, 1.54) is 5.56 Å². The topological polar surface area (TPSA) is 34.1 Å². The van der Waals surface area contributed by atoms with Gasteiger partial charge in [0.05, 0.1) is 0 Å². The lowest BCUT2D eigenvalue weighted by atomic mass is 10.2. The predicted molar refractivity (Wildman–Crippen MR) is 73.9 cm³/mol. The standard InChI is InChI=1S/C15H18N2O/c1-3-16-15-9-6-13(10-17-15)11-18-14-7-4-12(2)5-8-14/h4-10H,3,11H2,1-2H3,(H,16,17). The summed E-state index contributed by atoms with van der Waals surface area (Å²) in [6.45, 7) is 5.54. The van der Waals surface area contributed by atoms with Crippen LogP contribution in [0.4, 0.5) is 5.82 Å². The molecule has 3 nitrogen and oxygen atoms in total. The van der Waals surface area contributed by atoms with Gasteiger partial charge in [-0.05, 0) is 32.0 Å². The van der Waals surface area contributed by atoms with Crippen LogP contribution in [0.3, 0.4) is 0 Å². The summed E-state index contributed by atoms with van der Waals surface area (Å²) < 4.78 is 5.69. The number of hydrogen-bond donors (Lipinski definition) is 1. The Balaban J connectivity index is 1.91. The third-order valence-corrected chi connectivity index (χ3v) is 2.61. The van der Waals surface area contributed by atoms with Gasteiger partial charge in [0.25, 0.3) is 0 Å². The third kappa shape index (κ3) is 3.48. The molecule has 1 aromatic heterocycles. The highest BCUT2D eigenvalue weighted by molar-refractivity contribution is 5.35. The minimum Gasteiger partial charge on any atom is -0.489 e. The van der Waals surface area contributed by atoms with Crippen molar-refractivity contribution in [1.29, 1.82) is 0 Å². The van der Waals surface area contributed by atoms with Crippen LogP contribution < -0.4 is 10.1 Å². The lowest BCUT2D eigenvalue weighted by Crippen LogP contribution is -2.00. The molecule has 0 saturated carbocycles. The van der Waals surface area contributed by atoms with E-state index in [-0.39, 0.29) is 0 Å². The Bertz CT molecular complexity index is 477. The molecule has 0 atom stereocenters. The molecule has 0 spiro atoms. The molecular formula is C15H18N2O. The summed E-state index contributed by atoms with van der Waals surface area (Å²) in [7, 11) is 0. The average Bonchev–Trinajstić information content (AvgIpc) is 2.40. The molecule has 0 bridgehead atoms. The van der Waals surface area contributed by atoms with E-state index in [0.717, 1.165) is 23.7 Å². The van der Waals surface area contributed by atoms with Gasteiger partial charge >= 0.3 is 0 Å². The molecule has 3 heteroatoms. The molecule has 1 heterocycles. The third-order valence-electron chi connectivity index (χ3n) is 2.61. The van der Waals surface area contributed by atoms with Crippen molar-refractivity contribution < 1.29 is 4.74 Å². The second-order valence-corrected chi connectivity index (χ2v) is 4.18. The van der Waals surface area contributed by atoms with Crippen molar-refractivity contribution >= 4 is 5.82 Å². The molecule has 0 unspecified atom stereocenters. The highest BCUT2D eigenvalue weighted by atomic mass is 16.5. The number of anilines is 1. The molecule has 1 N–H and O–H groups in total. The minimum absolute atomic E-state index is 0.544. The number of nitrogens with one attached hydrogen (secondary N) is 1. The van der Waals surface area contributed by atoms with E-state index >= 15 is 0 Å². The van der Waals surface area contributed by atoms with E-state index in [1.807, 2.05) is 42.6 Å². The first kappa shape index (κ1) is 12.4. The van der Waals surface area contributed by atoms with E-state index in [9.17, 15) is 0 Å². The molecule has 2 rings (SSSR count). The van der Waals surface area contributed by atoms with Crippen molar-refractivity contribution in [2.75, 3.05) is 11.9 Å². The van der Waals surface area contributed by atoms with Crippen molar-refractivity contribution in [1.82, 2.24) is 4.98 Å². The SMILES string of the molecule is CCNc1ccc(COc2ccc(C)cc2)cn1. The van der Waals surface area contributed by atoms with Gasteiger partial charge in [-0.25, -0.2) is 4.98 Å². The number of pyridine rings is 1. The summed E-state index contributed by atoms with van der Waals surface area (Å²) in [4.78, 5) is 4.30. The molecule has 0 fully saturated rings. The Morgan fingerprint density at radius 3 is 2.50 bits per heavy atom. The highest BCUT2D eigenvalue weighted by Gasteiger charge is 1.97. The van der Waals surface area contributed by atoms with Gasteiger partial charge in [0.2, 0.25) is 0 Å². The van der Waals surface area contributed by atoms with Crippen LogP contribution in [0.15, 0.2) is 42.6 Å². The van der Waals surface area contributed by atoms with Crippen LogP contribution in [0, 0.1) is 6.92 Å². The Morgan fingerprint density at radius 1 is 1.11 bits per heavy atom. The van der Waals surface area contributed by atoms with Crippen molar-refractivity contribution in [3.8, 4) is 5.75 Å². The minimum atomic E-state index is 0.544. The maximum Gasteiger partial charge on any atom is 0.125 e. The summed E-state index contributed by atoms with van der Waals surface area (Å²) in [6, 6.07) is 12.0. The molecule has 1 aromatic carbocycles. The summed E-state index contributed by atoms with van der Waals surface area (Å²) in [5.41, 5.74) is 2.30. The second kappa shape index (κ2) is 6.05. The van der Waals surface area contributed by atoms with Gasteiger partial charge in [-0.3, -0.25) is 0 Å². The Morgan fingerprint density at radius 2 is 1.89 bits per heavy atom. The zero-order valence-corrected chi connectivity index (χ0v) is 10.8. The number of aryl methyl sites for hydroxylation is 1. The molecule has 2 aromatic rings. The first-order valence-corrected chi connectivity index (χ1v) is 6.16. The number of benzene rings is 1. The van der Waals surface area contributed by atoms with Gasteiger partial charge < -0.3 is 10.1 Å². The number of nitrogens with zero attached hydrogens (tertiary/aromatic N) is 1. The largest absolute Gasteiger partial charge is 0.489 e. The zero-order valence-electron chi connectivity index (χ0n) is 10.8. The van der Waals surface area contributed by atoms with Crippen LogP contribution in [0.1, 0.15) is 18.1 Å². The monoisotopic (exact) mass is 242 g/mol. The van der Waals surface area contributed by atoms with Crippen LogP contribution >= 0.6 is 0 Å². The molecule has 0 aliphatic heterocycles. The van der Waals surface area contributed by atoms with Gasteiger partial charge in [-0.2, -0.15) is 0 Å². The number of hydrogen-bond acceptors (Lipinski definition) is 3. The van der Waals surface area contributed by atoms with Gasteiger partial charge in [0.1, 0.15) is 18.2 Å². The summed E-state index contributed by atoms with van der Waals surface area (Å²) in [5.74, 6) is 1.79. The van der Waals surface area contributed by atoms with Crippen molar-refractivity contribution in [2.24, 2.45) is 0 Å². The summed E-state index contributed by atoms with van der Waals surface area (Å²) in [5, 5.41) is 3.16. The summed E-state index contributed by atoms with van der Waals surface area (Å²) >= 11 is 0. The van der Waals surface area contributed by atoms with Crippen LogP contribution in [0.5, 0.6) is 5.75 Å². The maximum absolute atomic E-state index is 5.69. The van der Waals surface area contributed by atoms with E-state index < -0.39 is 0 Å². The first-order chi connectivity index (χ1) is 8.78. The Hall–Kier alpha value is -2.03. The quantitative estimate of drug-likeness (QED) is 0.872. The van der Waals surface area contributed by atoms with Crippen molar-refractivity contribution in [3.63, 3.8) is 0 Å². The van der Waals surface area contributed by atoms with Crippen LogP contribution in [-0.4, -0.2) is 11.5 Å². The molecule has 94 valence electrons. The van der Waals surface area contributed by atoms with Crippen LogP contribution in [0.25, 0.3) is 0 Å². The maximum atomic E-state index is 5.69. The van der Waals surface area contributed by atoms with Crippen molar-refractivity contribution in [3.05, 3.63) is 53.7 Å². The molecule has 0 aliphatic carbocycles. The summed E-state index contributed by atoms with van der Waals surface area (Å²) in [6.07, 6.45) is 1.84. The van der Waals surface area contributed by atoms with Crippen LogP contribution in [0.2, 0.25) is 0 Å². The number of aromatic nitrogens is 1. The number of rotatable bonds is 5. The fourth-order valence-electron chi connectivity index (χ4n) is 1.60. The average molecular weight is 242 g/mol. The fourth-order valence-corrected chi connectivity index (χ4v) is 1.60. The molecule has 0 aliphatic rings.